The Kier molecular flexibility index (Phi) is 9.93. The van der Waals surface area contributed by atoms with Crippen LogP contribution in [0, 0.1) is 5.92 Å². The molecule has 0 fully saturated rings. The van der Waals surface area contributed by atoms with Gasteiger partial charge in [-0.25, -0.2) is 9.59 Å². The predicted molar refractivity (Wildman–Crippen MR) is 103 cm³/mol. The number of hydrogen-bond donors (Lipinski definition) is 3. The molecule has 1 unspecified atom stereocenters. The van der Waals surface area contributed by atoms with Gasteiger partial charge in [-0.15, -0.1) is 0 Å². The molecule has 0 saturated carbocycles. The number of carboxylic acids is 1. The number of benzene rings is 1. The van der Waals surface area contributed by atoms with Crippen LogP contribution in [0.2, 0.25) is 0 Å². The zero-order chi connectivity index (χ0) is 20.2. The standard InChI is InChI=1S/C13H10N2O3.C5H14BNO2/c16-8-15-12(13(17)18)7-9-3-4-11-10(6-9)2-1-5-14-11;1-4(2)3-5(7)9-6-8/h1-6,12H,7H2,(H,17,18);4-6,8H,3,7H2,1-2H3/t;5-/m.1/s1. The van der Waals surface area contributed by atoms with E-state index in [0.717, 1.165) is 22.9 Å². The zero-order valence-corrected chi connectivity index (χ0v) is 15.4. The van der Waals surface area contributed by atoms with Gasteiger partial charge in [-0.1, -0.05) is 26.0 Å². The largest absolute Gasteiger partial charge is 0.480 e. The van der Waals surface area contributed by atoms with E-state index in [9.17, 15) is 9.59 Å². The van der Waals surface area contributed by atoms with Gasteiger partial charge in [0.1, 0.15) is 0 Å². The molecular formula is C18H24BN3O5. The molecule has 27 heavy (non-hydrogen) atoms. The molecule has 0 aliphatic heterocycles. The van der Waals surface area contributed by atoms with Crippen LogP contribution in [0.25, 0.3) is 10.9 Å². The highest BCUT2D eigenvalue weighted by atomic mass is 16.5. The summed E-state index contributed by atoms with van der Waals surface area (Å²) in [6.45, 7) is 4.11. The number of fused-ring (bicyclic) bond motifs is 1. The van der Waals surface area contributed by atoms with E-state index in [4.69, 9.17) is 15.9 Å². The summed E-state index contributed by atoms with van der Waals surface area (Å²) in [6, 6.07) is 8.06. The van der Waals surface area contributed by atoms with E-state index in [1.165, 1.54) is 6.08 Å². The van der Waals surface area contributed by atoms with Crippen molar-refractivity contribution in [1.29, 1.82) is 0 Å². The third-order valence-electron chi connectivity index (χ3n) is 3.58. The number of hydrogen-bond acceptors (Lipinski definition) is 7. The number of isocyanates is 1. The summed E-state index contributed by atoms with van der Waals surface area (Å²) in [7, 11) is -0.284. The number of aliphatic imine (C=N–C) groups is 1. The highest BCUT2D eigenvalue weighted by Crippen LogP contribution is 2.15. The van der Waals surface area contributed by atoms with Crippen LogP contribution in [-0.2, 0) is 20.7 Å². The van der Waals surface area contributed by atoms with Gasteiger partial charge in [0.15, 0.2) is 6.04 Å². The van der Waals surface area contributed by atoms with Gasteiger partial charge in [0.25, 0.3) is 0 Å². The lowest BCUT2D eigenvalue weighted by Crippen LogP contribution is -2.27. The van der Waals surface area contributed by atoms with Crippen LogP contribution in [0.3, 0.4) is 0 Å². The van der Waals surface area contributed by atoms with Gasteiger partial charge in [0.05, 0.1) is 11.7 Å². The van der Waals surface area contributed by atoms with Crippen LogP contribution >= 0.6 is 0 Å². The van der Waals surface area contributed by atoms with Gasteiger partial charge in [-0.2, -0.15) is 4.99 Å². The highest BCUT2D eigenvalue weighted by molar-refractivity contribution is 6.15. The number of pyridine rings is 1. The lowest BCUT2D eigenvalue weighted by molar-refractivity contribution is -0.138. The Morgan fingerprint density at radius 2 is 2.15 bits per heavy atom. The monoisotopic (exact) mass is 373 g/mol. The molecule has 0 aliphatic carbocycles. The van der Waals surface area contributed by atoms with Crippen LogP contribution in [0.4, 0.5) is 0 Å². The summed E-state index contributed by atoms with van der Waals surface area (Å²) in [4.78, 5) is 28.5. The SMILES string of the molecule is CC(C)C[C@H](N)OBO.O=C=NC(Cc1ccc2ncccc2c1)C(=O)O. The summed E-state index contributed by atoms with van der Waals surface area (Å²) in [6.07, 6.45) is 3.63. The molecule has 0 aliphatic rings. The summed E-state index contributed by atoms with van der Waals surface area (Å²) in [5, 5.41) is 18.1. The first-order valence-electron chi connectivity index (χ1n) is 8.48. The molecule has 0 bridgehead atoms. The number of nitrogens with two attached hydrogens (primary N) is 1. The van der Waals surface area contributed by atoms with Crippen molar-refractivity contribution in [3.05, 3.63) is 42.1 Å². The molecule has 4 N–H and O–H groups in total. The Bertz CT molecular complexity index is 778. The number of rotatable bonds is 8. The average molecular weight is 373 g/mol. The summed E-state index contributed by atoms with van der Waals surface area (Å²) >= 11 is 0. The molecule has 0 amide bonds. The maximum atomic E-state index is 10.9. The minimum atomic E-state index is -1.13. The van der Waals surface area contributed by atoms with Crippen molar-refractivity contribution >= 4 is 30.6 Å². The van der Waals surface area contributed by atoms with Crippen molar-refractivity contribution in [2.24, 2.45) is 16.6 Å². The molecule has 0 saturated heterocycles. The number of carbonyl (C=O) groups is 1. The second kappa shape index (κ2) is 11.9. The second-order valence-corrected chi connectivity index (χ2v) is 6.27. The molecule has 1 aromatic carbocycles. The molecule has 0 radical (unpaired) electrons. The van der Waals surface area contributed by atoms with Crippen molar-refractivity contribution in [3.63, 3.8) is 0 Å². The maximum Gasteiger partial charge on any atom is 0.436 e. The lowest BCUT2D eigenvalue weighted by Gasteiger charge is -2.12. The average Bonchev–Trinajstić information content (AvgIpc) is 2.61. The Morgan fingerprint density at radius 1 is 1.41 bits per heavy atom. The fourth-order valence-corrected chi connectivity index (χ4v) is 2.36. The first-order chi connectivity index (χ1) is 12.9. The van der Waals surface area contributed by atoms with E-state index in [1.54, 1.807) is 12.3 Å². The highest BCUT2D eigenvalue weighted by Gasteiger charge is 2.16. The molecule has 1 aromatic heterocycles. The number of carbonyl (C=O) groups excluding carboxylic acids is 1. The Balaban J connectivity index is 0.000000345. The van der Waals surface area contributed by atoms with E-state index < -0.39 is 12.0 Å². The first-order valence-corrected chi connectivity index (χ1v) is 8.48. The van der Waals surface area contributed by atoms with Gasteiger partial charge in [0, 0.05) is 18.0 Å². The topological polar surface area (TPSA) is 135 Å². The summed E-state index contributed by atoms with van der Waals surface area (Å²) in [5.74, 6) is -0.615. The molecule has 9 heteroatoms. The number of carboxylic acid groups (broad SMARTS) is 1. The normalized spacial score (nSPS) is 12.5. The van der Waals surface area contributed by atoms with Gasteiger partial charge >= 0.3 is 13.7 Å². The zero-order valence-electron chi connectivity index (χ0n) is 15.4. The molecule has 8 nitrogen and oxygen atoms in total. The number of aromatic nitrogens is 1. The Labute approximate surface area is 158 Å². The van der Waals surface area contributed by atoms with E-state index in [-0.39, 0.29) is 20.3 Å². The van der Waals surface area contributed by atoms with Crippen LogP contribution in [-0.4, -0.2) is 47.1 Å². The first kappa shape index (κ1) is 22.5. The number of nitrogens with zero attached hydrogens (tertiary/aromatic N) is 2. The summed E-state index contributed by atoms with van der Waals surface area (Å²) < 4.78 is 4.69. The molecule has 0 spiro atoms. The molecule has 2 atom stereocenters. The Hall–Kier alpha value is -2.58. The second-order valence-electron chi connectivity index (χ2n) is 6.27. The third kappa shape index (κ3) is 8.57. The van der Waals surface area contributed by atoms with E-state index in [2.05, 4.69) is 28.5 Å². The fraction of sp³-hybridized carbons (Fsp3) is 0.389. The van der Waals surface area contributed by atoms with Crippen LogP contribution in [0.15, 0.2) is 41.5 Å². The van der Waals surface area contributed by atoms with Gasteiger partial charge < -0.3 is 20.5 Å². The van der Waals surface area contributed by atoms with Crippen molar-refractivity contribution < 1.29 is 24.4 Å². The molecule has 144 valence electrons. The van der Waals surface area contributed by atoms with Gasteiger partial charge in [-0.3, -0.25) is 4.98 Å². The van der Waals surface area contributed by atoms with Crippen molar-refractivity contribution in [2.45, 2.75) is 39.0 Å². The number of aliphatic carboxylic acids is 1. The molecular weight excluding hydrogens is 349 g/mol. The van der Waals surface area contributed by atoms with Crippen molar-refractivity contribution in [3.8, 4) is 0 Å². The maximum absolute atomic E-state index is 10.9. The molecule has 2 aromatic rings. The Morgan fingerprint density at radius 3 is 2.74 bits per heavy atom. The fourth-order valence-electron chi connectivity index (χ4n) is 2.36. The quantitative estimate of drug-likeness (QED) is 0.273. The van der Waals surface area contributed by atoms with Gasteiger partial charge in [-0.05, 0) is 36.1 Å². The molecule has 1 heterocycles. The smallest absolute Gasteiger partial charge is 0.436 e. The minimum Gasteiger partial charge on any atom is -0.480 e. The summed E-state index contributed by atoms with van der Waals surface area (Å²) in [5.41, 5.74) is 7.04. The van der Waals surface area contributed by atoms with Crippen LogP contribution in [0.1, 0.15) is 25.8 Å². The van der Waals surface area contributed by atoms with E-state index in [0.29, 0.717) is 5.92 Å². The van der Waals surface area contributed by atoms with Crippen molar-refractivity contribution in [2.75, 3.05) is 0 Å². The minimum absolute atomic E-state index is 0.162. The third-order valence-corrected chi connectivity index (χ3v) is 3.58. The van der Waals surface area contributed by atoms with Gasteiger partial charge in [0.2, 0.25) is 6.08 Å². The van der Waals surface area contributed by atoms with Crippen molar-refractivity contribution in [1.82, 2.24) is 4.98 Å². The van der Waals surface area contributed by atoms with E-state index in [1.807, 2.05) is 24.3 Å². The van der Waals surface area contributed by atoms with Crippen LogP contribution < -0.4 is 5.73 Å². The van der Waals surface area contributed by atoms with Crippen LogP contribution in [0.5, 0.6) is 0 Å². The van der Waals surface area contributed by atoms with E-state index >= 15 is 0 Å². The lowest BCUT2D eigenvalue weighted by atomic mass is 10.0. The predicted octanol–water partition coefficient (Wildman–Crippen LogP) is 1.16. The molecule has 2 rings (SSSR count).